The van der Waals surface area contributed by atoms with Crippen molar-refractivity contribution in [2.75, 3.05) is 0 Å². The Morgan fingerprint density at radius 1 is 1.06 bits per heavy atom. The van der Waals surface area contributed by atoms with Gasteiger partial charge in [-0.1, -0.05) is 70.9 Å². The number of thiophene rings is 1. The van der Waals surface area contributed by atoms with E-state index in [1.165, 1.54) is 28.0 Å². The average Bonchev–Trinajstić information content (AvgIpc) is 3.43. The van der Waals surface area contributed by atoms with Crippen molar-refractivity contribution in [2.24, 2.45) is 4.99 Å². The molecule has 2 aliphatic rings. The van der Waals surface area contributed by atoms with Crippen LogP contribution in [0.15, 0.2) is 75.3 Å². The minimum absolute atomic E-state index is 0.0384. The zero-order valence-electron chi connectivity index (χ0n) is 16.7. The maximum atomic E-state index is 13.6. The molecule has 0 N–H and O–H groups in total. The quantitative estimate of drug-likeness (QED) is 0.352. The summed E-state index contributed by atoms with van der Waals surface area (Å²) in [5, 5.41) is 3.15. The molecule has 0 radical (unpaired) electrons. The lowest BCUT2D eigenvalue weighted by molar-refractivity contribution is 0.593. The number of nitrogens with zero attached hydrogens (tertiary/aromatic N) is 2. The van der Waals surface area contributed by atoms with Gasteiger partial charge in [-0.3, -0.25) is 9.36 Å². The number of hydrogen-bond acceptors (Lipinski definition) is 4. The molecule has 0 unspecified atom stereocenters. The predicted octanol–water partition coefficient (Wildman–Crippen LogP) is 5.69. The third-order valence-corrected chi connectivity index (χ3v) is 8.40. The van der Waals surface area contributed by atoms with Gasteiger partial charge in [0, 0.05) is 20.5 Å². The number of rotatable bonds is 2. The summed E-state index contributed by atoms with van der Waals surface area (Å²) in [4.78, 5) is 20.5. The van der Waals surface area contributed by atoms with Crippen molar-refractivity contribution >= 4 is 57.6 Å². The Kier molecular flexibility index (Phi) is 4.95. The highest BCUT2D eigenvalue weighted by molar-refractivity contribution is 7.10. The van der Waals surface area contributed by atoms with Crippen LogP contribution in [0, 0.1) is 0 Å². The molecule has 2 aromatic heterocycles. The smallest absolute Gasteiger partial charge is 0.271 e. The molecule has 0 saturated heterocycles. The molecule has 4 aromatic rings. The zero-order valence-corrected chi connectivity index (χ0v) is 19.9. The van der Waals surface area contributed by atoms with Crippen LogP contribution in [0.5, 0.6) is 0 Å². The first kappa shape index (κ1) is 20.2. The second kappa shape index (κ2) is 7.85. The van der Waals surface area contributed by atoms with Gasteiger partial charge in [-0.2, -0.15) is 0 Å². The molecular formula is C25H16Cl2N2OS2. The molecule has 0 amide bonds. The number of hydrogen-bond donors (Lipinski definition) is 0. The molecule has 0 saturated carbocycles. The first-order chi connectivity index (χ1) is 15.6. The van der Waals surface area contributed by atoms with Crippen LogP contribution in [0.25, 0.3) is 11.8 Å². The number of thiazole rings is 1. The molecule has 0 bridgehead atoms. The second-order valence-electron chi connectivity index (χ2n) is 7.79. The fourth-order valence-corrected chi connectivity index (χ4v) is 6.78. The number of benzene rings is 2. The standard InChI is InChI=1S/C25H16Cl2N2OS2/c26-16-9-7-15(19(27)13-16)12-21-24(30)29-23(20-6-3-11-31-20)18-10-8-14-4-1-2-5-17(14)22(18)28-25(29)32-21/h1-7,9,11-13,23H,8,10H2/b21-12-/t23-/m1/s1. The molecule has 1 aliphatic carbocycles. The molecule has 0 fully saturated rings. The first-order valence-corrected chi connectivity index (χ1v) is 12.7. The van der Waals surface area contributed by atoms with Crippen LogP contribution >= 0.6 is 45.9 Å². The van der Waals surface area contributed by atoms with Gasteiger partial charge >= 0.3 is 0 Å². The lowest BCUT2D eigenvalue weighted by Crippen LogP contribution is -2.38. The number of allylic oxidation sites excluding steroid dienone is 1. The third kappa shape index (κ3) is 3.23. The summed E-state index contributed by atoms with van der Waals surface area (Å²) in [6, 6.07) is 17.8. The van der Waals surface area contributed by atoms with Crippen LogP contribution in [0.4, 0.5) is 0 Å². The largest absolute Gasteiger partial charge is 0.271 e. The van der Waals surface area contributed by atoms with Gasteiger partial charge in [0.2, 0.25) is 0 Å². The lowest BCUT2D eigenvalue weighted by atomic mass is 9.85. The molecule has 6 rings (SSSR count). The van der Waals surface area contributed by atoms with Gasteiger partial charge in [0.15, 0.2) is 4.80 Å². The molecule has 0 spiro atoms. The number of aryl methyl sites for hydroxylation is 1. The molecular weight excluding hydrogens is 479 g/mol. The van der Waals surface area contributed by atoms with E-state index in [2.05, 4.69) is 35.7 Å². The van der Waals surface area contributed by atoms with Gasteiger partial charge in [-0.05, 0) is 59.2 Å². The average molecular weight is 495 g/mol. The predicted molar refractivity (Wildman–Crippen MR) is 134 cm³/mol. The van der Waals surface area contributed by atoms with Crippen molar-refractivity contribution in [3.8, 4) is 0 Å². The molecule has 3 nitrogen and oxygen atoms in total. The van der Waals surface area contributed by atoms with E-state index in [1.54, 1.807) is 23.5 Å². The summed E-state index contributed by atoms with van der Waals surface area (Å²) in [5.41, 5.74) is 5.45. The van der Waals surface area contributed by atoms with Crippen molar-refractivity contribution < 1.29 is 0 Å². The molecule has 1 aliphatic heterocycles. The van der Waals surface area contributed by atoms with Crippen molar-refractivity contribution in [3.05, 3.63) is 117 Å². The monoisotopic (exact) mass is 494 g/mol. The van der Waals surface area contributed by atoms with E-state index in [0.717, 1.165) is 33.8 Å². The molecule has 158 valence electrons. The highest BCUT2D eigenvalue weighted by atomic mass is 35.5. The van der Waals surface area contributed by atoms with Gasteiger partial charge < -0.3 is 0 Å². The Bertz CT molecular complexity index is 1580. The van der Waals surface area contributed by atoms with E-state index < -0.39 is 0 Å². The Morgan fingerprint density at radius 3 is 2.75 bits per heavy atom. The van der Waals surface area contributed by atoms with Gasteiger partial charge in [0.1, 0.15) is 0 Å². The van der Waals surface area contributed by atoms with Gasteiger partial charge in [0.05, 0.1) is 16.3 Å². The topological polar surface area (TPSA) is 34.4 Å². The summed E-state index contributed by atoms with van der Waals surface area (Å²) in [6.45, 7) is 0. The highest BCUT2D eigenvalue weighted by Crippen LogP contribution is 2.42. The van der Waals surface area contributed by atoms with E-state index in [0.29, 0.717) is 14.6 Å². The van der Waals surface area contributed by atoms with Crippen LogP contribution in [0.2, 0.25) is 10.0 Å². The Hall–Kier alpha value is -2.44. The Balaban J connectivity index is 1.62. The van der Waals surface area contributed by atoms with Crippen molar-refractivity contribution in [3.63, 3.8) is 0 Å². The van der Waals surface area contributed by atoms with E-state index >= 15 is 0 Å². The second-order valence-corrected chi connectivity index (χ2v) is 10.6. The minimum Gasteiger partial charge on any atom is -0.271 e. The highest BCUT2D eigenvalue weighted by Gasteiger charge is 2.32. The van der Waals surface area contributed by atoms with Crippen molar-refractivity contribution in [2.45, 2.75) is 18.9 Å². The summed E-state index contributed by atoms with van der Waals surface area (Å²) < 4.78 is 2.47. The Labute approximate surface area is 202 Å². The van der Waals surface area contributed by atoms with Gasteiger partial charge in [0.25, 0.3) is 5.56 Å². The summed E-state index contributed by atoms with van der Waals surface area (Å²) in [5.74, 6) is 0. The molecule has 32 heavy (non-hydrogen) atoms. The fraction of sp³-hybridized carbons (Fsp3) is 0.120. The fourth-order valence-electron chi connectivity index (χ4n) is 4.48. The Morgan fingerprint density at radius 2 is 1.94 bits per heavy atom. The number of fused-ring (bicyclic) bond motifs is 3. The van der Waals surface area contributed by atoms with Crippen LogP contribution in [-0.4, -0.2) is 4.57 Å². The first-order valence-electron chi connectivity index (χ1n) is 10.2. The summed E-state index contributed by atoms with van der Waals surface area (Å²) in [6.07, 6.45) is 3.69. The molecule has 1 atom stereocenters. The van der Waals surface area contributed by atoms with Crippen LogP contribution < -0.4 is 14.9 Å². The van der Waals surface area contributed by atoms with E-state index in [9.17, 15) is 4.79 Å². The van der Waals surface area contributed by atoms with Crippen LogP contribution in [0.3, 0.4) is 0 Å². The maximum Gasteiger partial charge on any atom is 0.271 e. The zero-order chi connectivity index (χ0) is 21.8. The van der Waals surface area contributed by atoms with Crippen LogP contribution in [-0.2, 0) is 6.42 Å². The summed E-state index contributed by atoms with van der Waals surface area (Å²) >= 11 is 15.5. The van der Waals surface area contributed by atoms with Crippen molar-refractivity contribution in [1.82, 2.24) is 4.57 Å². The number of halogens is 2. The lowest BCUT2D eigenvalue weighted by Gasteiger charge is -2.30. The van der Waals surface area contributed by atoms with Crippen molar-refractivity contribution in [1.29, 1.82) is 0 Å². The number of aromatic nitrogens is 1. The van der Waals surface area contributed by atoms with Crippen LogP contribution in [0.1, 0.15) is 34.0 Å². The van der Waals surface area contributed by atoms with Gasteiger partial charge in [-0.15, -0.1) is 11.3 Å². The SMILES string of the molecule is O=c1/c(=C/c2ccc(Cl)cc2Cl)sc2n1[C@@H](c1cccs1)C1=C(N=2)c2ccccc2CC1. The normalized spacial score (nSPS) is 17.6. The summed E-state index contributed by atoms with van der Waals surface area (Å²) in [7, 11) is 0. The van der Waals surface area contributed by atoms with E-state index in [1.807, 2.05) is 22.8 Å². The minimum atomic E-state index is -0.127. The molecule has 3 heterocycles. The van der Waals surface area contributed by atoms with E-state index in [4.69, 9.17) is 28.2 Å². The maximum absolute atomic E-state index is 13.6. The van der Waals surface area contributed by atoms with Gasteiger partial charge in [-0.25, -0.2) is 4.99 Å². The molecule has 7 heteroatoms. The molecule has 2 aromatic carbocycles. The van der Waals surface area contributed by atoms with E-state index in [-0.39, 0.29) is 11.6 Å². The third-order valence-electron chi connectivity index (χ3n) is 5.93.